The zero-order chi connectivity index (χ0) is 15.4. The molecule has 0 saturated carbocycles. The van der Waals surface area contributed by atoms with Crippen LogP contribution in [0.3, 0.4) is 0 Å². The average Bonchev–Trinajstić information content (AvgIpc) is 3.04. The van der Waals surface area contributed by atoms with Crippen molar-refractivity contribution in [1.29, 1.82) is 0 Å². The Hall–Kier alpha value is -2.60. The van der Waals surface area contributed by atoms with Crippen LogP contribution in [-0.2, 0) is 0 Å². The number of carbonyl (C=O) groups excluding carboxylic acids is 1. The Kier molecular flexibility index (Phi) is 4.20. The van der Waals surface area contributed by atoms with Crippen LogP contribution in [0.4, 0.5) is 0 Å². The first kappa shape index (κ1) is 14.3. The zero-order valence-electron chi connectivity index (χ0n) is 11.7. The third kappa shape index (κ3) is 3.01. The number of rotatable bonds is 4. The van der Waals surface area contributed by atoms with Crippen LogP contribution in [0.15, 0.2) is 64.2 Å². The highest BCUT2D eigenvalue weighted by molar-refractivity contribution is 8.14. The maximum absolute atomic E-state index is 12.1. The molecule has 0 radical (unpaired) electrons. The highest BCUT2D eigenvalue weighted by Crippen LogP contribution is 2.31. The van der Waals surface area contributed by atoms with Gasteiger partial charge in [-0.05, 0) is 12.1 Å². The molecule has 22 heavy (non-hydrogen) atoms. The second kappa shape index (κ2) is 6.44. The largest absolute Gasteiger partial charge is 0.496 e. The number of aromatic nitrogens is 2. The highest BCUT2D eigenvalue weighted by atomic mass is 32.2. The summed E-state index contributed by atoms with van der Waals surface area (Å²) in [4.78, 5) is 12.1. The molecule has 3 aromatic rings. The molecular formula is C16H12N2O3S. The molecule has 0 aliphatic rings. The number of nitrogens with zero attached hydrogens (tertiary/aromatic N) is 2. The molecule has 0 fully saturated rings. The van der Waals surface area contributed by atoms with Crippen molar-refractivity contribution in [2.24, 2.45) is 0 Å². The van der Waals surface area contributed by atoms with E-state index in [0.29, 0.717) is 22.8 Å². The van der Waals surface area contributed by atoms with Crippen molar-refractivity contribution >= 4 is 16.9 Å². The van der Waals surface area contributed by atoms with Crippen LogP contribution in [0.1, 0.15) is 10.4 Å². The van der Waals surface area contributed by atoms with Crippen LogP contribution in [0.2, 0.25) is 0 Å². The Morgan fingerprint density at radius 1 is 1.05 bits per heavy atom. The SMILES string of the molecule is COc1ccccc1-c1nnc(SC(=O)c2ccccc2)o1. The highest BCUT2D eigenvalue weighted by Gasteiger charge is 2.16. The van der Waals surface area contributed by atoms with Crippen LogP contribution in [0.25, 0.3) is 11.5 Å². The molecule has 0 N–H and O–H groups in total. The lowest BCUT2D eigenvalue weighted by atomic mass is 10.2. The van der Waals surface area contributed by atoms with Crippen molar-refractivity contribution < 1.29 is 13.9 Å². The van der Waals surface area contributed by atoms with Gasteiger partial charge in [-0.15, -0.1) is 10.2 Å². The Bertz CT molecular complexity index is 787. The van der Waals surface area contributed by atoms with E-state index in [9.17, 15) is 4.79 Å². The monoisotopic (exact) mass is 312 g/mol. The number of methoxy groups -OCH3 is 1. The lowest BCUT2D eigenvalue weighted by Crippen LogP contribution is -1.92. The summed E-state index contributed by atoms with van der Waals surface area (Å²) in [5, 5.41) is 7.94. The van der Waals surface area contributed by atoms with Crippen LogP contribution in [0.5, 0.6) is 5.75 Å². The van der Waals surface area contributed by atoms with E-state index in [-0.39, 0.29) is 10.3 Å². The first-order valence-corrected chi connectivity index (χ1v) is 7.33. The maximum Gasteiger partial charge on any atom is 0.284 e. The van der Waals surface area contributed by atoms with E-state index < -0.39 is 0 Å². The third-order valence-electron chi connectivity index (χ3n) is 2.93. The van der Waals surface area contributed by atoms with Crippen molar-refractivity contribution in [3.63, 3.8) is 0 Å². The van der Waals surface area contributed by atoms with Gasteiger partial charge < -0.3 is 9.15 Å². The molecule has 3 rings (SSSR count). The fourth-order valence-electron chi connectivity index (χ4n) is 1.89. The summed E-state index contributed by atoms with van der Waals surface area (Å²) < 4.78 is 10.8. The van der Waals surface area contributed by atoms with Crippen molar-refractivity contribution in [2.75, 3.05) is 7.11 Å². The van der Waals surface area contributed by atoms with Gasteiger partial charge in [0.15, 0.2) is 0 Å². The fraction of sp³-hybridized carbons (Fsp3) is 0.0625. The second-order valence-corrected chi connectivity index (χ2v) is 5.25. The number of ether oxygens (including phenoxy) is 1. The van der Waals surface area contributed by atoms with Crippen LogP contribution in [0, 0.1) is 0 Å². The predicted molar refractivity (Wildman–Crippen MR) is 82.9 cm³/mol. The standard InChI is InChI=1S/C16H12N2O3S/c1-20-13-10-6-5-9-12(13)14-17-18-16(21-14)22-15(19)11-7-3-2-4-8-11/h2-10H,1H3. The number of hydrogen-bond donors (Lipinski definition) is 0. The molecule has 0 unspecified atom stereocenters. The van der Waals surface area contributed by atoms with Crippen LogP contribution in [-0.4, -0.2) is 22.4 Å². The smallest absolute Gasteiger partial charge is 0.284 e. The van der Waals surface area contributed by atoms with E-state index in [1.54, 1.807) is 19.2 Å². The minimum absolute atomic E-state index is 0.143. The minimum Gasteiger partial charge on any atom is -0.496 e. The fourth-order valence-corrected chi connectivity index (χ4v) is 2.51. The zero-order valence-corrected chi connectivity index (χ0v) is 12.5. The van der Waals surface area contributed by atoms with Gasteiger partial charge >= 0.3 is 0 Å². The Labute approximate surface area is 131 Å². The molecule has 2 aromatic carbocycles. The molecule has 0 bridgehead atoms. The van der Waals surface area contributed by atoms with Gasteiger partial charge in [0, 0.05) is 17.3 Å². The summed E-state index contributed by atoms with van der Waals surface area (Å²) >= 11 is 0.906. The molecule has 110 valence electrons. The summed E-state index contributed by atoms with van der Waals surface area (Å²) in [5.74, 6) is 0.956. The number of thioether (sulfide) groups is 1. The molecule has 1 heterocycles. The minimum atomic E-state index is -0.143. The van der Waals surface area contributed by atoms with Gasteiger partial charge in [-0.3, -0.25) is 4.79 Å². The summed E-state index contributed by atoms with van der Waals surface area (Å²) in [7, 11) is 1.57. The summed E-state index contributed by atoms with van der Waals surface area (Å²) in [5.41, 5.74) is 1.28. The molecular weight excluding hydrogens is 300 g/mol. The molecule has 0 amide bonds. The van der Waals surface area contributed by atoms with Gasteiger partial charge in [0.05, 0.1) is 12.7 Å². The Balaban J connectivity index is 1.81. The van der Waals surface area contributed by atoms with Crippen molar-refractivity contribution in [3.8, 4) is 17.2 Å². The average molecular weight is 312 g/mol. The van der Waals surface area contributed by atoms with E-state index in [0.717, 1.165) is 11.8 Å². The van der Waals surface area contributed by atoms with E-state index in [2.05, 4.69) is 10.2 Å². The maximum atomic E-state index is 12.1. The molecule has 5 nitrogen and oxygen atoms in total. The number of benzene rings is 2. The lowest BCUT2D eigenvalue weighted by Gasteiger charge is -2.03. The first-order chi connectivity index (χ1) is 10.8. The van der Waals surface area contributed by atoms with Gasteiger partial charge in [0.2, 0.25) is 5.12 Å². The Morgan fingerprint density at radius 2 is 1.77 bits per heavy atom. The molecule has 0 saturated heterocycles. The topological polar surface area (TPSA) is 65.2 Å². The lowest BCUT2D eigenvalue weighted by molar-refractivity contribution is 0.108. The van der Waals surface area contributed by atoms with Gasteiger partial charge in [0.1, 0.15) is 5.75 Å². The number of para-hydroxylation sites is 1. The van der Waals surface area contributed by atoms with E-state index >= 15 is 0 Å². The van der Waals surface area contributed by atoms with Crippen molar-refractivity contribution in [3.05, 3.63) is 60.2 Å². The number of hydrogen-bond acceptors (Lipinski definition) is 6. The molecule has 0 aliphatic carbocycles. The first-order valence-electron chi connectivity index (χ1n) is 6.52. The summed E-state index contributed by atoms with van der Waals surface area (Å²) in [6.07, 6.45) is 0. The van der Waals surface area contributed by atoms with E-state index in [1.165, 1.54) is 0 Å². The van der Waals surface area contributed by atoms with E-state index in [1.807, 2.05) is 42.5 Å². The van der Waals surface area contributed by atoms with Gasteiger partial charge in [-0.2, -0.15) is 0 Å². The van der Waals surface area contributed by atoms with Gasteiger partial charge in [-0.1, -0.05) is 42.5 Å². The molecule has 0 aliphatic heterocycles. The third-order valence-corrected chi connectivity index (χ3v) is 3.69. The normalized spacial score (nSPS) is 10.4. The van der Waals surface area contributed by atoms with Crippen molar-refractivity contribution in [1.82, 2.24) is 10.2 Å². The number of carbonyl (C=O) groups is 1. The molecule has 0 spiro atoms. The summed E-state index contributed by atoms with van der Waals surface area (Å²) in [6, 6.07) is 16.3. The van der Waals surface area contributed by atoms with E-state index in [4.69, 9.17) is 9.15 Å². The van der Waals surface area contributed by atoms with Gasteiger partial charge in [0.25, 0.3) is 11.1 Å². The molecule has 6 heteroatoms. The second-order valence-electron chi connectivity index (χ2n) is 4.33. The Morgan fingerprint density at radius 3 is 2.55 bits per heavy atom. The van der Waals surface area contributed by atoms with Gasteiger partial charge in [-0.25, -0.2) is 0 Å². The molecule has 1 aromatic heterocycles. The van der Waals surface area contributed by atoms with Crippen LogP contribution >= 0.6 is 11.8 Å². The summed E-state index contributed by atoms with van der Waals surface area (Å²) in [6.45, 7) is 0. The predicted octanol–water partition coefficient (Wildman–Crippen LogP) is 3.68. The molecule has 0 atom stereocenters. The quantitative estimate of drug-likeness (QED) is 0.685. The van der Waals surface area contributed by atoms with Crippen LogP contribution < -0.4 is 4.74 Å². The van der Waals surface area contributed by atoms with Crippen molar-refractivity contribution in [2.45, 2.75) is 5.22 Å².